The Balaban J connectivity index is 1.51. The fourth-order valence-corrected chi connectivity index (χ4v) is 3.56. The summed E-state index contributed by atoms with van der Waals surface area (Å²) in [7, 11) is 1.58. The molecule has 34 heavy (non-hydrogen) atoms. The summed E-state index contributed by atoms with van der Waals surface area (Å²) in [5.74, 6) is -1.98. The highest BCUT2D eigenvalue weighted by Gasteiger charge is 2.33. The van der Waals surface area contributed by atoms with Crippen LogP contribution in [0.1, 0.15) is 29.2 Å². The first-order valence-electron chi connectivity index (χ1n) is 10.5. The van der Waals surface area contributed by atoms with Crippen molar-refractivity contribution >= 4 is 17.5 Å². The minimum Gasteiger partial charge on any atom is -0.497 e. The molecule has 7 nitrogen and oxygen atoms in total. The summed E-state index contributed by atoms with van der Waals surface area (Å²) < 4.78 is 31.7. The lowest BCUT2D eigenvalue weighted by Gasteiger charge is -2.21. The smallest absolute Gasteiger partial charge is 0.283 e. The molecule has 0 fully saturated rings. The molecule has 3 aromatic carbocycles. The van der Waals surface area contributed by atoms with Crippen LogP contribution in [-0.4, -0.2) is 36.2 Å². The lowest BCUT2D eigenvalue weighted by molar-refractivity contribution is -0.138. The largest absolute Gasteiger partial charge is 0.497 e. The summed E-state index contributed by atoms with van der Waals surface area (Å²) in [4.78, 5) is 18.1. The van der Waals surface area contributed by atoms with Crippen LogP contribution in [0, 0.1) is 11.6 Å². The molecule has 3 aromatic rings. The molecule has 1 aliphatic heterocycles. The lowest BCUT2D eigenvalue weighted by Crippen LogP contribution is -2.30. The van der Waals surface area contributed by atoms with E-state index in [0.717, 1.165) is 29.0 Å². The standard InChI is InChI=1S/C25H22F2N4O3/c1-33-19-10-7-17(8-11-19)23-14-22(16-5-3-2-4-6-16)29-31(23)24(32)15-34-30-25(28)18-9-12-20(26)21(27)13-18/h2-13,23H,14-15H2,1H3,(H2,28,30). The number of halogens is 2. The molecular formula is C25H22F2N4O3. The van der Waals surface area contributed by atoms with Crippen LogP contribution in [0.4, 0.5) is 8.78 Å². The molecule has 0 spiro atoms. The first-order valence-corrected chi connectivity index (χ1v) is 10.5. The molecule has 0 saturated heterocycles. The van der Waals surface area contributed by atoms with Crippen molar-refractivity contribution in [2.75, 3.05) is 13.7 Å². The number of ether oxygens (including phenoxy) is 1. The fourth-order valence-electron chi connectivity index (χ4n) is 3.56. The number of carbonyl (C=O) groups is 1. The van der Waals surface area contributed by atoms with E-state index < -0.39 is 24.1 Å². The molecule has 0 saturated carbocycles. The Labute approximate surface area is 195 Å². The van der Waals surface area contributed by atoms with Gasteiger partial charge in [-0.05, 0) is 41.5 Å². The summed E-state index contributed by atoms with van der Waals surface area (Å²) in [5, 5.41) is 9.59. The third-order valence-corrected chi connectivity index (χ3v) is 5.34. The van der Waals surface area contributed by atoms with Crippen LogP contribution < -0.4 is 10.5 Å². The highest BCUT2D eigenvalue weighted by atomic mass is 19.2. The number of benzene rings is 3. The monoisotopic (exact) mass is 464 g/mol. The number of amidine groups is 1. The molecule has 1 amide bonds. The number of amides is 1. The van der Waals surface area contributed by atoms with Gasteiger partial charge in [-0.2, -0.15) is 5.10 Å². The molecule has 1 atom stereocenters. The second-order valence-electron chi connectivity index (χ2n) is 7.52. The number of methoxy groups -OCH3 is 1. The van der Waals surface area contributed by atoms with Gasteiger partial charge in [0.15, 0.2) is 24.1 Å². The van der Waals surface area contributed by atoms with Gasteiger partial charge in [0.05, 0.1) is 18.9 Å². The highest BCUT2D eigenvalue weighted by Crippen LogP contribution is 2.33. The van der Waals surface area contributed by atoms with E-state index in [1.54, 1.807) is 7.11 Å². The number of hydrogen-bond donors (Lipinski definition) is 1. The van der Waals surface area contributed by atoms with Crippen molar-refractivity contribution in [3.05, 3.63) is 101 Å². The Bertz CT molecular complexity index is 1230. The Morgan fingerprint density at radius 1 is 1.09 bits per heavy atom. The van der Waals surface area contributed by atoms with E-state index in [2.05, 4.69) is 10.3 Å². The molecule has 174 valence electrons. The summed E-state index contributed by atoms with van der Waals surface area (Å²) in [6.07, 6.45) is 0.516. The Morgan fingerprint density at radius 2 is 1.82 bits per heavy atom. The predicted octanol–water partition coefficient (Wildman–Crippen LogP) is 3.99. The van der Waals surface area contributed by atoms with E-state index in [4.69, 9.17) is 15.3 Å². The van der Waals surface area contributed by atoms with Crippen molar-refractivity contribution in [1.82, 2.24) is 5.01 Å². The fraction of sp³-hybridized carbons (Fsp3) is 0.160. The zero-order valence-corrected chi connectivity index (χ0v) is 18.3. The summed E-state index contributed by atoms with van der Waals surface area (Å²) in [5.41, 5.74) is 8.46. The van der Waals surface area contributed by atoms with E-state index in [-0.39, 0.29) is 17.4 Å². The lowest BCUT2D eigenvalue weighted by atomic mass is 9.98. The zero-order chi connectivity index (χ0) is 24.1. The first kappa shape index (κ1) is 22.9. The molecule has 4 rings (SSSR count). The van der Waals surface area contributed by atoms with Crippen molar-refractivity contribution in [1.29, 1.82) is 0 Å². The molecule has 1 heterocycles. The quantitative estimate of drug-likeness (QED) is 0.325. The van der Waals surface area contributed by atoms with Gasteiger partial charge in [0.2, 0.25) is 0 Å². The van der Waals surface area contributed by atoms with Crippen LogP contribution in [0.5, 0.6) is 5.75 Å². The second kappa shape index (κ2) is 10.1. The van der Waals surface area contributed by atoms with Gasteiger partial charge in [-0.3, -0.25) is 4.79 Å². The topological polar surface area (TPSA) is 89.5 Å². The van der Waals surface area contributed by atoms with Gasteiger partial charge in [0, 0.05) is 12.0 Å². The Hall–Kier alpha value is -4.27. The van der Waals surface area contributed by atoms with Gasteiger partial charge in [0.25, 0.3) is 5.91 Å². The molecule has 0 radical (unpaired) electrons. The molecular weight excluding hydrogens is 442 g/mol. The van der Waals surface area contributed by atoms with Gasteiger partial charge >= 0.3 is 0 Å². The van der Waals surface area contributed by atoms with Crippen molar-refractivity contribution in [2.45, 2.75) is 12.5 Å². The molecule has 0 aliphatic carbocycles. The molecule has 0 aromatic heterocycles. The third kappa shape index (κ3) is 5.03. The number of rotatable bonds is 7. The number of oxime groups is 1. The second-order valence-corrected chi connectivity index (χ2v) is 7.52. The maximum absolute atomic E-state index is 13.4. The van der Waals surface area contributed by atoms with Crippen LogP contribution in [-0.2, 0) is 9.63 Å². The van der Waals surface area contributed by atoms with Crippen LogP contribution in [0.2, 0.25) is 0 Å². The maximum Gasteiger partial charge on any atom is 0.283 e. The van der Waals surface area contributed by atoms with Crippen LogP contribution in [0.25, 0.3) is 0 Å². The van der Waals surface area contributed by atoms with Gasteiger partial charge in [-0.15, -0.1) is 0 Å². The van der Waals surface area contributed by atoms with Gasteiger partial charge < -0.3 is 15.3 Å². The van der Waals surface area contributed by atoms with E-state index in [0.29, 0.717) is 12.2 Å². The molecule has 1 aliphatic rings. The summed E-state index contributed by atoms with van der Waals surface area (Å²) >= 11 is 0. The van der Waals surface area contributed by atoms with E-state index >= 15 is 0 Å². The van der Waals surface area contributed by atoms with Crippen LogP contribution in [0.15, 0.2) is 83.1 Å². The Morgan fingerprint density at radius 3 is 2.50 bits per heavy atom. The van der Waals surface area contributed by atoms with Crippen LogP contribution >= 0.6 is 0 Å². The minimum absolute atomic E-state index is 0.132. The molecule has 1 unspecified atom stereocenters. The SMILES string of the molecule is COc1ccc(C2CC(c3ccccc3)=NN2C(=O)CON=C(N)c2ccc(F)c(F)c2)cc1. The van der Waals surface area contributed by atoms with Crippen molar-refractivity contribution < 1.29 is 23.1 Å². The number of hydrogen-bond acceptors (Lipinski definition) is 5. The molecule has 0 bridgehead atoms. The molecule has 9 heteroatoms. The normalized spacial score (nSPS) is 15.7. The van der Waals surface area contributed by atoms with Crippen LogP contribution in [0.3, 0.4) is 0 Å². The van der Waals surface area contributed by atoms with Gasteiger partial charge in [0.1, 0.15) is 5.75 Å². The average Bonchev–Trinajstić information content (AvgIpc) is 3.32. The van der Waals surface area contributed by atoms with Gasteiger partial charge in [-0.1, -0.05) is 47.6 Å². The number of nitrogens with two attached hydrogens (primary N) is 1. The van der Waals surface area contributed by atoms with Crippen molar-refractivity contribution in [2.24, 2.45) is 16.0 Å². The van der Waals surface area contributed by atoms with Crippen molar-refractivity contribution in [3.63, 3.8) is 0 Å². The molecule has 2 N–H and O–H groups in total. The van der Waals surface area contributed by atoms with E-state index in [1.165, 1.54) is 11.1 Å². The van der Waals surface area contributed by atoms with Gasteiger partial charge in [-0.25, -0.2) is 13.8 Å². The van der Waals surface area contributed by atoms with E-state index in [1.807, 2.05) is 54.6 Å². The number of hydrazone groups is 1. The summed E-state index contributed by atoms with van der Waals surface area (Å²) in [6, 6.07) is 19.7. The average molecular weight is 464 g/mol. The minimum atomic E-state index is -1.06. The Kier molecular flexibility index (Phi) is 6.82. The van der Waals surface area contributed by atoms with E-state index in [9.17, 15) is 13.6 Å². The first-order chi connectivity index (χ1) is 16.5. The predicted molar refractivity (Wildman–Crippen MR) is 123 cm³/mol. The third-order valence-electron chi connectivity index (χ3n) is 5.34. The number of nitrogens with zero attached hydrogens (tertiary/aromatic N) is 3. The number of carbonyl (C=O) groups excluding carboxylic acids is 1. The van der Waals surface area contributed by atoms with Crippen molar-refractivity contribution in [3.8, 4) is 5.75 Å². The maximum atomic E-state index is 13.4. The zero-order valence-electron chi connectivity index (χ0n) is 18.3. The summed E-state index contributed by atoms with van der Waals surface area (Å²) in [6.45, 7) is -0.442. The highest BCUT2D eigenvalue weighted by molar-refractivity contribution is 6.03.